The summed E-state index contributed by atoms with van der Waals surface area (Å²) in [5, 5.41) is 23.2. The number of nitrogens with one attached hydrogen (secondary N) is 1. The first-order valence-electron chi connectivity index (χ1n) is 5.84. The van der Waals surface area contributed by atoms with E-state index in [0.29, 0.717) is 12.8 Å². The minimum atomic E-state index is -2.79. The highest BCUT2D eigenvalue weighted by Gasteiger charge is 2.39. The Kier molecular flexibility index (Phi) is 3.40. The predicted molar refractivity (Wildman–Crippen MR) is 65.3 cm³/mol. The molecule has 0 unspecified atom stereocenters. The van der Waals surface area contributed by atoms with Crippen LogP contribution in [0.5, 0.6) is 0 Å². The number of hydrogen-bond donors (Lipinski definition) is 2. The average molecular weight is 272 g/mol. The monoisotopic (exact) mass is 272 g/mol. The van der Waals surface area contributed by atoms with Crippen molar-refractivity contribution in [3.05, 3.63) is 33.9 Å². The van der Waals surface area contributed by atoms with Gasteiger partial charge in [0, 0.05) is 17.7 Å². The first kappa shape index (κ1) is 13.7. The molecule has 0 saturated heterocycles. The van der Waals surface area contributed by atoms with Gasteiger partial charge >= 0.3 is 0 Å². The van der Waals surface area contributed by atoms with Gasteiger partial charge in [-0.2, -0.15) is 0 Å². The van der Waals surface area contributed by atoms with Crippen LogP contribution in [0, 0.1) is 10.1 Å². The van der Waals surface area contributed by atoms with Crippen molar-refractivity contribution in [2.75, 3.05) is 5.32 Å². The van der Waals surface area contributed by atoms with E-state index in [-0.39, 0.29) is 23.0 Å². The lowest BCUT2D eigenvalue weighted by Gasteiger charge is -2.41. The van der Waals surface area contributed by atoms with Gasteiger partial charge in [0.1, 0.15) is 5.69 Å². The average Bonchev–Trinajstić information content (AvgIpc) is 2.26. The fraction of sp³-hybridized carbons (Fsp3) is 0.500. The third-order valence-electron chi connectivity index (χ3n) is 3.23. The highest BCUT2D eigenvalue weighted by atomic mass is 19.3. The maximum absolute atomic E-state index is 12.9. The summed E-state index contributed by atoms with van der Waals surface area (Å²) in [4.78, 5) is 10.2. The van der Waals surface area contributed by atoms with E-state index in [9.17, 15) is 24.0 Å². The van der Waals surface area contributed by atoms with Gasteiger partial charge in [0.15, 0.2) is 0 Å². The molecule has 2 N–H and O–H groups in total. The molecule has 1 fully saturated rings. The summed E-state index contributed by atoms with van der Waals surface area (Å²) < 4.78 is 25.8. The van der Waals surface area contributed by atoms with Crippen molar-refractivity contribution >= 4 is 11.4 Å². The van der Waals surface area contributed by atoms with Crippen molar-refractivity contribution in [3.8, 4) is 0 Å². The predicted octanol–water partition coefficient (Wildman–Crippen LogP) is 2.86. The molecule has 1 aliphatic rings. The summed E-state index contributed by atoms with van der Waals surface area (Å²) in [5.41, 5.74) is -1.74. The number of halogens is 2. The van der Waals surface area contributed by atoms with Gasteiger partial charge in [-0.15, -0.1) is 0 Å². The fourth-order valence-corrected chi connectivity index (χ4v) is 2.36. The Bertz CT molecular complexity index is 498. The number of para-hydroxylation sites is 1. The van der Waals surface area contributed by atoms with Gasteiger partial charge in [0.05, 0.1) is 10.5 Å². The van der Waals surface area contributed by atoms with Gasteiger partial charge in [0.2, 0.25) is 0 Å². The van der Waals surface area contributed by atoms with Crippen molar-refractivity contribution in [3.63, 3.8) is 0 Å². The summed E-state index contributed by atoms with van der Waals surface area (Å²) >= 11 is 0. The molecule has 0 atom stereocenters. The van der Waals surface area contributed by atoms with Gasteiger partial charge in [-0.1, -0.05) is 12.1 Å². The summed E-state index contributed by atoms with van der Waals surface area (Å²) in [6.45, 7) is 1.64. The van der Waals surface area contributed by atoms with Crippen molar-refractivity contribution in [2.24, 2.45) is 0 Å². The van der Waals surface area contributed by atoms with Crippen LogP contribution in [0.15, 0.2) is 18.2 Å². The molecule has 0 radical (unpaired) electrons. The third-order valence-corrected chi connectivity index (χ3v) is 3.23. The van der Waals surface area contributed by atoms with Gasteiger partial charge in [-0.25, -0.2) is 8.78 Å². The molecule has 0 bridgehead atoms. The highest BCUT2D eigenvalue weighted by Crippen LogP contribution is 2.39. The van der Waals surface area contributed by atoms with Crippen molar-refractivity contribution in [2.45, 2.75) is 37.8 Å². The quantitative estimate of drug-likeness (QED) is 0.652. The molecule has 1 aromatic carbocycles. The second-order valence-corrected chi connectivity index (χ2v) is 5.05. The summed E-state index contributed by atoms with van der Waals surface area (Å²) in [5.74, 6) is 0. The van der Waals surface area contributed by atoms with Gasteiger partial charge < -0.3 is 10.4 Å². The van der Waals surface area contributed by atoms with Crippen molar-refractivity contribution in [1.82, 2.24) is 0 Å². The molecule has 5 nitrogen and oxygen atoms in total. The van der Waals surface area contributed by atoms with Crippen LogP contribution >= 0.6 is 0 Å². The van der Waals surface area contributed by atoms with Crippen molar-refractivity contribution < 1.29 is 18.8 Å². The Labute approximate surface area is 108 Å². The molecule has 1 aromatic rings. The Hall–Kier alpha value is -1.76. The highest BCUT2D eigenvalue weighted by molar-refractivity contribution is 5.67. The number of aliphatic hydroxyl groups is 1. The van der Waals surface area contributed by atoms with Crippen LogP contribution in [-0.4, -0.2) is 21.7 Å². The van der Waals surface area contributed by atoms with Gasteiger partial charge in [0.25, 0.3) is 12.1 Å². The molecule has 104 valence electrons. The minimum Gasteiger partial charge on any atom is -0.390 e. The topological polar surface area (TPSA) is 75.4 Å². The second kappa shape index (κ2) is 4.73. The number of nitro groups is 1. The van der Waals surface area contributed by atoms with Crippen LogP contribution in [0.4, 0.5) is 20.2 Å². The zero-order valence-corrected chi connectivity index (χ0v) is 10.3. The maximum Gasteiger partial charge on any atom is 0.292 e. The maximum atomic E-state index is 12.9. The number of nitro benzene ring substituents is 1. The van der Waals surface area contributed by atoms with Crippen LogP contribution in [0.3, 0.4) is 0 Å². The Morgan fingerprint density at radius 2 is 2.16 bits per heavy atom. The van der Waals surface area contributed by atoms with E-state index < -0.39 is 16.9 Å². The molecule has 0 aromatic heterocycles. The van der Waals surface area contributed by atoms with Crippen LogP contribution < -0.4 is 5.32 Å². The Morgan fingerprint density at radius 3 is 2.63 bits per heavy atom. The van der Waals surface area contributed by atoms with E-state index >= 15 is 0 Å². The fourth-order valence-electron chi connectivity index (χ4n) is 2.36. The molecule has 7 heteroatoms. The summed E-state index contributed by atoms with van der Waals surface area (Å²) in [6.07, 6.45) is -2.04. The molecule has 0 spiro atoms. The number of alkyl halides is 2. The molecule has 2 rings (SSSR count). The van der Waals surface area contributed by atoms with Crippen molar-refractivity contribution in [1.29, 1.82) is 0 Å². The number of rotatable bonds is 4. The lowest BCUT2D eigenvalue weighted by Crippen LogP contribution is -2.48. The molecular weight excluding hydrogens is 258 g/mol. The normalized spacial score (nSPS) is 26.1. The van der Waals surface area contributed by atoms with Gasteiger partial charge in [-0.3, -0.25) is 10.1 Å². The smallest absolute Gasteiger partial charge is 0.292 e. The van der Waals surface area contributed by atoms with E-state index in [0.717, 1.165) is 6.07 Å². The van der Waals surface area contributed by atoms with Crippen LogP contribution in [0.1, 0.15) is 31.8 Å². The number of anilines is 1. The first-order chi connectivity index (χ1) is 8.80. The molecule has 0 amide bonds. The van der Waals surface area contributed by atoms with E-state index in [1.165, 1.54) is 12.1 Å². The summed E-state index contributed by atoms with van der Waals surface area (Å²) in [7, 11) is 0. The largest absolute Gasteiger partial charge is 0.390 e. The zero-order valence-electron chi connectivity index (χ0n) is 10.3. The minimum absolute atomic E-state index is 0.150. The first-order valence-corrected chi connectivity index (χ1v) is 5.84. The van der Waals surface area contributed by atoms with Crippen LogP contribution in [0.25, 0.3) is 0 Å². The second-order valence-electron chi connectivity index (χ2n) is 5.05. The molecule has 1 aliphatic carbocycles. The van der Waals surface area contributed by atoms with Crippen LogP contribution in [0.2, 0.25) is 0 Å². The van der Waals surface area contributed by atoms with E-state index in [2.05, 4.69) is 5.32 Å². The molecule has 1 saturated carbocycles. The lowest BCUT2D eigenvalue weighted by molar-refractivity contribution is -0.384. The Morgan fingerprint density at radius 1 is 1.53 bits per heavy atom. The summed E-state index contributed by atoms with van der Waals surface area (Å²) in [6, 6.07) is 3.36. The van der Waals surface area contributed by atoms with E-state index in [1.807, 2.05) is 0 Å². The third kappa shape index (κ3) is 2.81. The van der Waals surface area contributed by atoms with Gasteiger partial charge in [-0.05, 0) is 19.8 Å². The molecule has 0 aliphatic heterocycles. The molecular formula is C12H14F2N2O3. The van der Waals surface area contributed by atoms with E-state index in [1.54, 1.807) is 6.92 Å². The Balaban J connectivity index is 2.28. The van der Waals surface area contributed by atoms with E-state index in [4.69, 9.17) is 0 Å². The lowest BCUT2D eigenvalue weighted by atomic mass is 9.77. The SMILES string of the molecule is CC1(O)CC(Nc2c(C(F)F)cccc2[N+](=O)[O-])C1. The number of hydrogen-bond acceptors (Lipinski definition) is 4. The number of nitrogens with zero attached hydrogens (tertiary/aromatic N) is 1. The standard InChI is InChI=1S/C12H14F2N2O3/c1-12(17)5-7(6-12)15-10-8(11(13)14)3-2-4-9(10)16(18)19/h2-4,7,11,15,17H,5-6H2,1H3. The zero-order chi connectivity index (χ0) is 14.2. The molecule has 0 heterocycles. The number of benzene rings is 1. The van der Waals surface area contributed by atoms with Crippen LogP contribution in [-0.2, 0) is 0 Å². The molecule has 19 heavy (non-hydrogen) atoms.